The summed E-state index contributed by atoms with van der Waals surface area (Å²) in [6.07, 6.45) is -2.16. The quantitative estimate of drug-likeness (QED) is 0.674. The second-order valence-electron chi connectivity index (χ2n) is 2.63. The van der Waals surface area contributed by atoms with Gasteiger partial charge in [0.1, 0.15) is 6.10 Å². The molecule has 1 rings (SSSR count). The molecule has 0 aliphatic heterocycles. The van der Waals surface area contributed by atoms with E-state index in [2.05, 4.69) is 4.98 Å². The van der Waals surface area contributed by atoms with Gasteiger partial charge in [-0.05, 0) is 12.1 Å². The summed E-state index contributed by atoms with van der Waals surface area (Å²) >= 11 is 5.59. The monoisotopic (exact) mass is 217 g/mol. The highest BCUT2D eigenvalue weighted by atomic mass is 35.5. The molecule has 0 aliphatic rings. The fraction of sp³-hybridized carbons (Fsp3) is 0.250. The summed E-state index contributed by atoms with van der Waals surface area (Å²) in [7, 11) is 0. The number of rotatable bonds is 3. The van der Waals surface area contributed by atoms with Crippen molar-refractivity contribution < 1.29 is 20.1 Å². The van der Waals surface area contributed by atoms with E-state index >= 15 is 0 Å². The minimum absolute atomic E-state index is 0.0207. The Morgan fingerprint density at radius 3 is 2.64 bits per heavy atom. The largest absolute Gasteiger partial charge is 0.479 e. The molecule has 76 valence electrons. The number of aliphatic hydroxyl groups is 2. The topological polar surface area (TPSA) is 90.7 Å². The summed E-state index contributed by atoms with van der Waals surface area (Å²) in [5, 5.41) is 27.1. The van der Waals surface area contributed by atoms with Crippen LogP contribution in [0.5, 0.6) is 0 Å². The molecule has 0 aromatic carbocycles. The minimum atomic E-state index is -1.90. The molecule has 0 fully saturated rings. The van der Waals surface area contributed by atoms with Gasteiger partial charge in [-0.2, -0.15) is 0 Å². The van der Waals surface area contributed by atoms with Crippen molar-refractivity contribution in [3.8, 4) is 0 Å². The van der Waals surface area contributed by atoms with Crippen LogP contribution in [0.15, 0.2) is 18.3 Å². The molecule has 14 heavy (non-hydrogen) atoms. The van der Waals surface area contributed by atoms with Gasteiger partial charge in [-0.3, -0.25) is 4.98 Å². The minimum Gasteiger partial charge on any atom is -0.479 e. The molecule has 6 heteroatoms. The Balaban J connectivity index is 2.89. The van der Waals surface area contributed by atoms with E-state index in [1.54, 1.807) is 0 Å². The standard InChI is InChI=1S/C8H8ClNO4/c9-4-1-2-10-5(3-4)6(11)7(12)8(13)14/h1-3,6-7,11-12H,(H,13,14). The molecule has 0 saturated carbocycles. The van der Waals surface area contributed by atoms with Crippen LogP contribution in [0.1, 0.15) is 11.8 Å². The van der Waals surface area contributed by atoms with Gasteiger partial charge in [-0.25, -0.2) is 4.79 Å². The van der Waals surface area contributed by atoms with Crippen LogP contribution in [-0.2, 0) is 4.79 Å². The second-order valence-corrected chi connectivity index (χ2v) is 3.06. The molecular formula is C8H8ClNO4. The molecule has 2 unspecified atom stereocenters. The zero-order valence-electron chi connectivity index (χ0n) is 6.96. The predicted octanol–water partition coefficient (Wildman–Crippen LogP) is 0.214. The maximum Gasteiger partial charge on any atom is 0.335 e. The third-order valence-corrected chi connectivity index (χ3v) is 1.83. The van der Waals surface area contributed by atoms with E-state index in [9.17, 15) is 9.90 Å². The molecule has 2 atom stereocenters. The summed E-state index contributed by atoms with van der Waals surface area (Å²) in [4.78, 5) is 14.0. The Kier molecular flexibility index (Phi) is 3.40. The summed E-state index contributed by atoms with van der Waals surface area (Å²) < 4.78 is 0. The van der Waals surface area contributed by atoms with Crippen LogP contribution in [0, 0.1) is 0 Å². The van der Waals surface area contributed by atoms with Gasteiger partial charge in [0.15, 0.2) is 6.10 Å². The van der Waals surface area contributed by atoms with Crippen LogP contribution in [0.4, 0.5) is 0 Å². The number of hydrogen-bond acceptors (Lipinski definition) is 4. The van der Waals surface area contributed by atoms with Crippen LogP contribution in [0.25, 0.3) is 0 Å². The van der Waals surface area contributed by atoms with Crippen molar-refractivity contribution in [2.24, 2.45) is 0 Å². The Labute approximate surface area is 84.6 Å². The van der Waals surface area contributed by atoms with Gasteiger partial charge in [0, 0.05) is 11.2 Å². The van der Waals surface area contributed by atoms with Gasteiger partial charge in [-0.1, -0.05) is 11.6 Å². The first-order valence-corrected chi connectivity index (χ1v) is 4.10. The van der Waals surface area contributed by atoms with Crippen molar-refractivity contribution >= 4 is 17.6 Å². The van der Waals surface area contributed by atoms with Crippen molar-refractivity contribution in [2.45, 2.75) is 12.2 Å². The fourth-order valence-corrected chi connectivity index (χ4v) is 1.05. The molecular weight excluding hydrogens is 210 g/mol. The highest BCUT2D eigenvalue weighted by molar-refractivity contribution is 6.30. The summed E-state index contributed by atoms with van der Waals surface area (Å²) in [6, 6.07) is 2.77. The van der Waals surface area contributed by atoms with Crippen LogP contribution >= 0.6 is 11.6 Å². The van der Waals surface area contributed by atoms with Gasteiger partial charge < -0.3 is 15.3 Å². The molecule has 0 spiro atoms. The van der Waals surface area contributed by atoms with Crippen molar-refractivity contribution in [3.05, 3.63) is 29.0 Å². The molecule has 5 nitrogen and oxygen atoms in total. The average Bonchev–Trinajstić information content (AvgIpc) is 2.15. The van der Waals surface area contributed by atoms with Gasteiger partial charge >= 0.3 is 5.97 Å². The maximum absolute atomic E-state index is 10.3. The Morgan fingerprint density at radius 2 is 2.14 bits per heavy atom. The van der Waals surface area contributed by atoms with Gasteiger partial charge in [0.05, 0.1) is 5.69 Å². The zero-order valence-corrected chi connectivity index (χ0v) is 7.72. The number of carbonyl (C=O) groups is 1. The Hall–Kier alpha value is -1.17. The van der Waals surface area contributed by atoms with Gasteiger partial charge in [0.25, 0.3) is 0 Å². The van der Waals surface area contributed by atoms with Crippen molar-refractivity contribution in [1.29, 1.82) is 0 Å². The maximum atomic E-state index is 10.3. The predicted molar refractivity (Wildman–Crippen MR) is 47.8 cm³/mol. The normalized spacial score (nSPS) is 14.8. The van der Waals surface area contributed by atoms with Crippen molar-refractivity contribution in [3.63, 3.8) is 0 Å². The van der Waals surface area contributed by atoms with E-state index in [0.717, 1.165) is 0 Å². The fourth-order valence-electron chi connectivity index (χ4n) is 0.880. The van der Waals surface area contributed by atoms with E-state index in [-0.39, 0.29) is 5.69 Å². The molecule has 0 saturated heterocycles. The number of aliphatic hydroxyl groups excluding tert-OH is 2. The highest BCUT2D eigenvalue weighted by Crippen LogP contribution is 2.17. The number of nitrogens with zero attached hydrogens (tertiary/aromatic N) is 1. The van der Waals surface area contributed by atoms with Crippen LogP contribution < -0.4 is 0 Å². The zero-order chi connectivity index (χ0) is 10.7. The third-order valence-electron chi connectivity index (χ3n) is 1.60. The highest BCUT2D eigenvalue weighted by Gasteiger charge is 2.26. The number of carboxylic acids is 1. The van der Waals surface area contributed by atoms with E-state index in [4.69, 9.17) is 21.8 Å². The number of pyridine rings is 1. The number of hydrogen-bond donors (Lipinski definition) is 3. The first kappa shape index (κ1) is 10.9. The van der Waals surface area contributed by atoms with E-state index in [0.29, 0.717) is 5.02 Å². The van der Waals surface area contributed by atoms with E-state index in [1.165, 1.54) is 18.3 Å². The number of aliphatic carboxylic acids is 1. The lowest BCUT2D eigenvalue weighted by Crippen LogP contribution is -2.28. The van der Waals surface area contributed by atoms with Gasteiger partial charge in [0.2, 0.25) is 0 Å². The molecule has 1 heterocycles. The third kappa shape index (κ3) is 2.41. The molecule has 0 amide bonds. The van der Waals surface area contributed by atoms with Crippen LogP contribution in [-0.4, -0.2) is 32.4 Å². The molecule has 3 N–H and O–H groups in total. The van der Waals surface area contributed by atoms with Crippen molar-refractivity contribution in [2.75, 3.05) is 0 Å². The van der Waals surface area contributed by atoms with Gasteiger partial charge in [-0.15, -0.1) is 0 Å². The molecule has 1 aromatic heterocycles. The first-order chi connectivity index (χ1) is 6.52. The average molecular weight is 218 g/mol. The second kappa shape index (κ2) is 4.36. The Morgan fingerprint density at radius 1 is 1.50 bits per heavy atom. The number of aromatic nitrogens is 1. The molecule has 1 aromatic rings. The number of carboxylic acid groups (broad SMARTS) is 1. The smallest absolute Gasteiger partial charge is 0.335 e. The lowest BCUT2D eigenvalue weighted by molar-refractivity contribution is -0.153. The molecule has 0 aliphatic carbocycles. The molecule has 0 radical (unpaired) electrons. The summed E-state index contributed by atoms with van der Waals surface area (Å²) in [6.45, 7) is 0. The lowest BCUT2D eigenvalue weighted by atomic mass is 10.1. The van der Waals surface area contributed by atoms with Crippen LogP contribution in [0.3, 0.4) is 0 Å². The SMILES string of the molecule is O=C(O)C(O)C(O)c1cc(Cl)ccn1. The van der Waals surface area contributed by atoms with Crippen LogP contribution in [0.2, 0.25) is 5.02 Å². The molecule has 0 bridgehead atoms. The summed E-state index contributed by atoms with van der Waals surface area (Å²) in [5.74, 6) is -1.51. The lowest BCUT2D eigenvalue weighted by Gasteiger charge is -2.12. The van der Waals surface area contributed by atoms with Crippen molar-refractivity contribution in [1.82, 2.24) is 4.98 Å². The Bertz CT molecular complexity index is 344. The first-order valence-electron chi connectivity index (χ1n) is 3.72. The summed E-state index contributed by atoms with van der Waals surface area (Å²) in [5.41, 5.74) is 0.0207. The number of halogens is 1. The van der Waals surface area contributed by atoms with E-state index < -0.39 is 18.2 Å². The van der Waals surface area contributed by atoms with E-state index in [1.807, 2.05) is 0 Å².